The molecule has 0 aromatic heterocycles. The van der Waals surface area contributed by atoms with Crippen molar-refractivity contribution >= 4 is 44.2 Å². The Morgan fingerprint density at radius 1 is 1.04 bits per heavy atom. The minimum absolute atomic E-state index is 0.0116. The van der Waals surface area contributed by atoms with Gasteiger partial charge in [0.25, 0.3) is 0 Å². The van der Waals surface area contributed by atoms with E-state index in [-0.39, 0.29) is 16.6 Å². The number of nitrogens with two attached hydrogens (primary N) is 1. The summed E-state index contributed by atoms with van der Waals surface area (Å²) >= 11 is 1.42. The molecule has 0 unspecified atom stereocenters. The van der Waals surface area contributed by atoms with Gasteiger partial charge in [0.05, 0.1) is 10.6 Å². The SMILES string of the molecule is Cc1ccc(NC(=O)CSc2ccc3ccccc3c2)cc1S(N)(=O)=O. The fourth-order valence-corrected chi connectivity index (χ4v) is 4.14. The van der Waals surface area contributed by atoms with E-state index in [1.54, 1.807) is 19.1 Å². The van der Waals surface area contributed by atoms with Crippen molar-refractivity contribution in [2.24, 2.45) is 5.14 Å². The molecule has 3 N–H and O–H groups in total. The highest BCUT2D eigenvalue weighted by Crippen LogP contribution is 2.24. The van der Waals surface area contributed by atoms with Crippen molar-refractivity contribution in [2.75, 3.05) is 11.1 Å². The molecular formula is C19H18N2O3S2. The molecule has 0 heterocycles. The summed E-state index contributed by atoms with van der Waals surface area (Å²) < 4.78 is 23.1. The van der Waals surface area contributed by atoms with Crippen LogP contribution in [0, 0.1) is 6.92 Å². The summed E-state index contributed by atoms with van der Waals surface area (Å²) in [5, 5.41) is 10.2. The third-order valence-electron chi connectivity index (χ3n) is 3.87. The first-order chi connectivity index (χ1) is 12.3. The van der Waals surface area contributed by atoms with Gasteiger partial charge in [-0.1, -0.05) is 36.4 Å². The van der Waals surface area contributed by atoms with Crippen LogP contribution in [0.3, 0.4) is 0 Å². The molecule has 0 fully saturated rings. The maximum atomic E-state index is 12.2. The largest absolute Gasteiger partial charge is 0.325 e. The van der Waals surface area contributed by atoms with E-state index in [4.69, 9.17) is 5.14 Å². The van der Waals surface area contributed by atoms with E-state index >= 15 is 0 Å². The lowest BCUT2D eigenvalue weighted by Gasteiger charge is -2.09. The van der Waals surface area contributed by atoms with Crippen LogP contribution in [-0.4, -0.2) is 20.1 Å². The number of benzene rings is 3. The smallest absolute Gasteiger partial charge is 0.238 e. The minimum Gasteiger partial charge on any atom is -0.325 e. The highest BCUT2D eigenvalue weighted by Gasteiger charge is 2.13. The summed E-state index contributed by atoms with van der Waals surface area (Å²) in [5.74, 6) is 0.00378. The van der Waals surface area contributed by atoms with Crippen LogP contribution in [0.2, 0.25) is 0 Å². The van der Waals surface area contributed by atoms with Gasteiger partial charge in [-0.2, -0.15) is 0 Å². The number of hydrogen-bond acceptors (Lipinski definition) is 4. The van der Waals surface area contributed by atoms with E-state index in [2.05, 4.69) is 5.32 Å². The number of sulfonamides is 1. The van der Waals surface area contributed by atoms with E-state index in [0.717, 1.165) is 15.7 Å². The highest BCUT2D eigenvalue weighted by atomic mass is 32.2. The molecule has 0 atom stereocenters. The molecule has 0 saturated carbocycles. The molecule has 5 nitrogen and oxygen atoms in total. The second-order valence-electron chi connectivity index (χ2n) is 5.87. The van der Waals surface area contributed by atoms with Crippen LogP contribution in [0.15, 0.2) is 70.5 Å². The summed E-state index contributed by atoms with van der Waals surface area (Å²) in [6.45, 7) is 1.65. The van der Waals surface area contributed by atoms with Crippen LogP contribution in [0.5, 0.6) is 0 Å². The van der Waals surface area contributed by atoms with Crippen molar-refractivity contribution in [2.45, 2.75) is 16.7 Å². The lowest BCUT2D eigenvalue weighted by Crippen LogP contribution is -2.17. The van der Waals surface area contributed by atoms with E-state index in [1.807, 2.05) is 42.5 Å². The molecule has 134 valence electrons. The number of amides is 1. The predicted octanol–water partition coefficient (Wildman–Crippen LogP) is 3.53. The van der Waals surface area contributed by atoms with E-state index in [9.17, 15) is 13.2 Å². The Balaban J connectivity index is 1.67. The van der Waals surface area contributed by atoms with Gasteiger partial charge in [0.1, 0.15) is 0 Å². The third kappa shape index (κ3) is 4.43. The van der Waals surface area contributed by atoms with Crippen LogP contribution >= 0.6 is 11.8 Å². The van der Waals surface area contributed by atoms with Crippen molar-refractivity contribution in [1.29, 1.82) is 0 Å². The lowest BCUT2D eigenvalue weighted by atomic mass is 10.1. The summed E-state index contributed by atoms with van der Waals surface area (Å²) in [6.07, 6.45) is 0. The Kier molecular flexibility index (Phi) is 5.31. The first-order valence-electron chi connectivity index (χ1n) is 7.88. The molecule has 0 aliphatic rings. The second kappa shape index (κ2) is 7.49. The minimum atomic E-state index is -3.82. The van der Waals surface area contributed by atoms with Gasteiger partial charge in [-0.3, -0.25) is 4.79 Å². The van der Waals surface area contributed by atoms with Crippen molar-refractivity contribution in [3.63, 3.8) is 0 Å². The number of hydrogen-bond donors (Lipinski definition) is 2. The van der Waals surface area contributed by atoms with Crippen LogP contribution in [0.4, 0.5) is 5.69 Å². The summed E-state index contributed by atoms with van der Waals surface area (Å²) in [7, 11) is -3.82. The monoisotopic (exact) mass is 386 g/mol. The molecule has 0 radical (unpaired) electrons. The number of carbonyl (C=O) groups excluding carboxylic acids is 1. The van der Waals surface area contributed by atoms with Crippen LogP contribution in [-0.2, 0) is 14.8 Å². The highest BCUT2D eigenvalue weighted by molar-refractivity contribution is 8.00. The average Bonchev–Trinajstić information content (AvgIpc) is 2.60. The first kappa shape index (κ1) is 18.4. The topological polar surface area (TPSA) is 89.3 Å². The van der Waals surface area contributed by atoms with Gasteiger partial charge in [0.2, 0.25) is 15.9 Å². The number of aryl methyl sites for hydroxylation is 1. The van der Waals surface area contributed by atoms with Crippen molar-refractivity contribution in [1.82, 2.24) is 0 Å². The molecule has 7 heteroatoms. The van der Waals surface area contributed by atoms with Gasteiger partial charge in [-0.25, -0.2) is 13.6 Å². The van der Waals surface area contributed by atoms with Gasteiger partial charge >= 0.3 is 0 Å². The number of fused-ring (bicyclic) bond motifs is 1. The summed E-state index contributed by atoms with van der Waals surface area (Å²) in [5.41, 5.74) is 0.944. The maximum absolute atomic E-state index is 12.2. The zero-order valence-electron chi connectivity index (χ0n) is 14.1. The standard InChI is InChI=1S/C19H18N2O3S2/c1-13-6-8-16(11-18(13)26(20,23)24)21-19(22)12-25-17-9-7-14-4-2-3-5-15(14)10-17/h2-11H,12H2,1H3,(H,21,22)(H2,20,23,24). The first-order valence-corrected chi connectivity index (χ1v) is 10.4. The summed E-state index contributed by atoms with van der Waals surface area (Å²) in [6, 6.07) is 18.7. The number of rotatable bonds is 5. The zero-order valence-corrected chi connectivity index (χ0v) is 15.7. The molecule has 1 amide bonds. The van der Waals surface area contributed by atoms with Gasteiger partial charge in [0, 0.05) is 10.6 Å². The van der Waals surface area contributed by atoms with Gasteiger partial charge in [-0.15, -0.1) is 11.8 Å². The van der Waals surface area contributed by atoms with Crippen molar-refractivity contribution < 1.29 is 13.2 Å². The third-order valence-corrected chi connectivity index (χ3v) is 5.92. The number of thioether (sulfide) groups is 1. The lowest BCUT2D eigenvalue weighted by molar-refractivity contribution is -0.113. The Hall–Kier alpha value is -2.35. The van der Waals surface area contributed by atoms with Crippen LogP contribution in [0.25, 0.3) is 10.8 Å². The number of nitrogens with one attached hydrogen (secondary N) is 1. The molecule has 3 aromatic rings. The zero-order chi connectivity index (χ0) is 18.7. The van der Waals surface area contributed by atoms with Gasteiger partial charge in [0.15, 0.2) is 0 Å². The van der Waals surface area contributed by atoms with Crippen molar-refractivity contribution in [3.05, 3.63) is 66.2 Å². The Labute approximate surface area is 156 Å². The molecule has 0 saturated heterocycles. The van der Waals surface area contributed by atoms with E-state index < -0.39 is 10.0 Å². The Bertz CT molecular complexity index is 1080. The fraction of sp³-hybridized carbons (Fsp3) is 0.105. The Morgan fingerprint density at radius 3 is 2.50 bits per heavy atom. The second-order valence-corrected chi connectivity index (χ2v) is 8.45. The van der Waals surface area contributed by atoms with E-state index in [0.29, 0.717) is 11.3 Å². The molecule has 0 bridgehead atoms. The fourth-order valence-electron chi connectivity index (χ4n) is 2.59. The molecular weight excluding hydrogens is 368 g/mol. The normalized spacial score (nSPS) is 11.5. The average molecular weight is 386 g/mol. The Morgan fingerprint density at radius 2 is 1.77 bits per heavy atom. The van der Waals surface area contributed by atoms with Crippen molar-refractivity contribution in [3.8, 4) is 0 Å². The quantitative estimate of drug-likeness (QED) is 0.657. The van der Waals surface area contributed by atoms with Crippen LogP contribution in [0.1, 0.15) is 5.56 Å². The molecule has 3 aromatic carbocycles. The maximum Gasteiger partial charge on any atom is 0.238 e. The predicted molar refractivity (Wildman–Crippen MR) is 106 cm³/mol. The number of anilines is 1. The number of carbonyl (C=O) groups is 1. The molecule has 3 rings (SSSR count). The van der Waals surface area contributed by atoms with Gasteiger partial charge < -0.3 is 5.32 Å². The molecule has 26 heavy (non-hydrogen) atoms. The number of primary sulfonamides is 1. The summed E-state index contributed by atoms with van der Waals surface area (Å²) in [4.78, 5) is 13.2. The molecule has 0 spiro atoms. The van der Waals surface area contributed by atoms with Gasteiger partial charge in [-0.05, 0) is 47.5 Å². The molecule has 0 aliphatic heterocycles. The molecule has 0 aliphatic carbocycles. The van der Waals surface area contributed by atoms with Crippen LogP contribution < -0.4 is 10.5 Å². The van der Waals surface area contributed by atoms with E-state index in [1.165, 1.54) is 17.8 Å².